The highest BCUT2D eigenvalue weighted by molar-refractivity contribution is 5.76. The SMILES string of the molecule is CCNc1cc(-c2nc(-c3cc(C)c(OCC(O)CNC(=O)CO)c(CC)c3)no2)cc(C)n1. The van der Waals surface area contributed by atoms with Crippen LogP contribution in [0.3, 0.4) is 0 Å². The molecular formula is C24H31N5O5. The topological polar surface area (TPSA) is 143 Å². The number of pyridine rings is 1. The molecule has 1 atom stereocenters. The number of aliphatic hydroxyl groups is 2. The molecule has 0 radical (unpaired) electrons. The van der Waals surface area contributed by atoms with Crippen molar-refractivity contribution < 1.29 is 24.3 Å². The lowest BCUT2D eigenvalue weighted by Crippen LogP contribution is -2.36. The predicted molar refractivity (Wildman–Crippen MR) is 128 cm³/mol. The van der Waals surface area contributed by atoms with Gasteiger partial charge in [0.05, 0.1) is 0 Å². The number of ether oxygens (including phenoxy) is 1. The first-order valence-electron chi connectivity index (χ1n) is 11.2. The molecule has 0 spiro atoms. The highest BCUT2D eigenvalue weighted by atomic mass is 16.5. The van der Waals surface area contributed by atoms with Crippen molar-refractivity contribution in [1.29, 1.82) is 0 Å². The molecule has 0 saturated carbocycles. The first kappa shape index (κ1) is 25.1. The maximum Gasteiger partial charge on any atom is 0.258 e. The minimum atomic E-state index is -0.907. The molecule has 10 heteroatoms. The van der Waals surface area contributed by atoms with Gasteiger partial charge in [-0.3, -0.25) is 4.79 Å². The molecule has 0 aliphatic rings. The van der Waals surface area contributed by atoms with Crippen molar-refractivity contribution in [2.24, 2.45) is 0 Å². The van der Waals surface area contributed by atoms with Gasteiger partial charge in [0.2, 0.25) is 11.7 Å². The van der Waals surface area contributed by atoms with Crippen LogP contribution in [0.5, 0.6) is 5.75 Å². The smallest absolute Gasteiger partial charge is 0.258 e. The molecule has 0 aliphatic carbocycles. The van der Waals surface area contributed by atoms with E-state index in [1.165, 1.54) is 0 Å². The quantitative estimate of drug-likeness (QED) is 0.332. The molecule has 1 amide bonds. The molecule has 3 rings (SSSR count). The third-order valence-electron chi connectivity index (χ3n) is 5.07. The highest BCUT2D eigenvalue weighted by Gasteiger charge is 2.17. The van der Waals surface area contributed by atoms with Crippen molar-refractivity contribution in [2.45, 2.75) is 40.2 Å². The Bertz CT molecular complexity index is 1130. The van der Waals surface area contributed by atoms with Crippen molar-refractivity contribution in [1.82, 2.24) is 20.4 Å². The Morgan fingerprint density at radius 3 is 2.65 bits per heavy atom. The van der Waals surface area contributed by atoms with Gasteiger partial charge in [-0.1, -0.05) is 12.1 Å². The van der Waals surface area contributed by atoms with Crippen molar-refractivity contribution in [3.8, 4) is 28.6 Å². The number of aryl methyl sites for hydroxylation is 3. The number of nitrogens with zero attached hydrogens (tertiary/aromatic N) is 3. The maximum absolute atomic E-state index is 11.1. The summed E-state index contributed by atoms with van der Waals surface area (Å²) in [7, 11) is 0. The van der Waals surface area contributed by atoms with E-state index in [0.717, 1.165) is 40.3 Å². The lowest BCUT2D eigenvalue weighted by molar-refractivity contribution is -0.124. The number of aliphatic hydroxyl groups excluding tert-OH is 2. The zero-order valence-electron chi connectivity index (χ0n) is 19.9. The number of carbonyl (C=O) groups excluding carboxylic acids is 1. The van der Waals surface area contributed by atoms with Gasteiger partial charge >= 0.3 is 0 Å². The average molecular weight is 470 g/mol. The minimum Gasteiger partial charge on any atom is -0.490 e. The summed E-state index contributed by atoms with van der Waals surface area (Å²) in [5.41, 5.74) is 4.22. The Hall–Kier alpha value is -3.50. The molecule has 0 saturated heterocycles. The Balaban J connectivity index is 1.78. The number of hydrogen-bond donors (Lipinski definition) is 4. The maximum atomic E-state index is 11.1. The van der Waals surface area contributed by atoms with Gasteiger partial charge in [0.15, 0.2) is 0 Å². The molecule has 2 heterocycles. The number of carbonyl (C=O) groups is 1. The molecule has 1 unspecified atom stereocenters. The molecule has 2 aromatic heterocycles. The molecule has 1 aromatic carbocycles. The minimum absolute atomic E-state index is 0.000770. The van der Waals surface area contributed by atoms with Gasteiger partial charge in [0, 0.05) is 29.9 Å². The van der Waals surface area contributed by atoms with E-state index >= 15 is 0 Å². The standard InChI is InChI=1S/C24H31N5O5/c1-5-16-9-17(7-14(3)22(16)33-13-19(31)11-26-21(32)12-30)23-28-24(34-29-23)18-8-15(4)27-20(10-18)25-6-2/h7-10,19,30-31H,5-6,11-13H2,1-4H3,(H,25,27)(H,26,32). The number of aromatic nitrogens is 3. The summed E-state index contributed by atoms with van der Waals surface area (Å²) in [4.78, 5) is 20.2. The predicted octanol–water partition coefficient (Wildman–Crippen LogP) is 2.26. The lowest BCUT2D eigenvalue weighted by atomic mass is 10.0. The Morgan fingerprint density at radius 1 is 1.15 bits per heavy atom. The van der Waals surface area contributed by atoms with Crippen LogP contribution in [-0.4, -0.2) is 63.7 Å². The van der Waals surface area contributed by atoms with E-state index in [1.807, 2.05) is 52.0 Å². The van der Waals surface area contributed by atoms with Crippen LogP contribution >= 0.6 is 0 Å². The van der Waals surface area contributed by atoms with Crippen molar-refractivity contribution >= 4 is 11.7 Å². The normalized spacial score (nSPS) is 11.8. The molecule has 10 nitrogen and oxygen atoms in total. The first-order valence-corrected chi connectivity index (χ1v) is 11.2. The molecule has 0 aliphatic heterocycles. The van der Waals surface area contributed by atoms with Gasteiger partial charge in [-0.05, 0) is 62.6 Å². The summed E-state index contributed by atoms with van der Waals surface area (Å²) < 4.78 is 11.4. The van der Waals surface area contributed by atoms with E-state index in [2.05, 4.69) is 25.8 Å². The van der Waals surface area contributed by atoms with Gasteiger partial charge in [0.25, 0.3) is 5.89 Å². The van der Waals surface area contributed by atoms with E-state index in [4.69, 9.17) is 14.4 Å². The molecule has 3 aromatic rings. The van der Waals surface area contributed by atoms with Crippen LogP contribution in [0.4, 0.5) is 5.82 Å². The largest absolute Gasteiger partial charge is 0.490 e. The van der Waals surface area contributed by atoms with Crippen molar-refractivity contribution in [3.63, 3.8) is 0 Å². The number of benzene rings is 1. The van der Waals surface area contributed by atoms with Gasteiger partial charge < -0.3 is 30.1 Å². The van der Waals surface area contributed by atoms with Gasteiger partial charge in [-0.15, -0.1) is 0 Å². The lowest BCUT2D eigenvalue weighted by Gasteiger charge is -2.17. The van der Waals surface area contributed by atoms with E-state index in [9.17, 15) is 9.90 Å². The zero-order chi connectivity index (χ0) is 24.7. The van der Waals surface area contributed by atoms with E-state index < -0.39 is 18.6 Å². The second-order valence-electron chi connectivity index (χ2n) is 7.90. The summed E-state index contributed by atoms with van der Waals surface area (Å²) >= 11 is 0. The molecule has 0 bridgehead atoms. The summed E-state index contributed by atoms with van der Waals surface area (Å²) in [6.45, 7) is 7.96. The summed E-state index contributed by atoms with van der Waals surface area (Å²) in [6.07, 6.45) is -0.211. The van der Waals surface area contributed by atoms with E-state index in [1.54, 1.807) is 0 Å². The fourth-order valence-corrected chi connectivity index (χ4v) is 3.49. The monoisotopic (exact) mass is 469 g/mol. The van der Waals surface area contributed by atoms with Gasteiger partial charge in [-0.25, -0.2) is 4.98 Å². The molecule has 34 heavy (non-hydrogen) atoms. The number of nitrogens with one attached hydrogen (secondary N) is 2. The van der Waals surface area contributed by atoms with Crippen molar-refractivity contribution in [3.05, 3.63) is 41.1 Å². The molecule has 182 valence electrons. The van der Waals surface area contributed by atoms with Crippen LogP contribution in [0.25, 0.3) is 22.8 Å². The number of amides is 1. The van der Waals surface area contributed by atoms with Crippen molar-refractivity contribution in [2.75, 3.05) is 31.6 Å². The summed E-state index contributed by atoms with van der Waals surface area (Å²) in [5, 5.41) is 28.6. The van der Waals surface area contributed by atoms with Crippen LogP contribution in [0.2, 0.25) is 0 Å². The second-order valence-corrected chi connectivity index (χ2v) is 7.90. The molecular weight excluding hydrogens is 438 g/mol. The van der Waals surface area contributed by atoms with Crippen LogP contribution in [-0.2, 0) is 11.2 Å². The third-order valence-corrected chi connectivity index (χ3v) is 5.07. The highest BCUT2D eigenvalue weighted by Crippen LogP contribution is 2.31. The third kappa shape index (κ3) is 6.30. The fourth-order valence-electron chi connectivity index (χ4n) is 3.49. The number of hydrogen-bond acceptors (Lipinski definition) is 9. The summed E-state index contributed by atoms with van der Waals surface area (Å²) in [5.74, 6) is 1.74. The average Bonchev–Trinajstić information content (AvgIpc) is 3.31. The fraction of sp³-hybridized carbons (Fsp3) is 0.417. The van der Waals surface area contributed by atoms with E-state index in [0.29, 0.717) is 23.9 Å². The first-order chi connectivity index (χ1) is 16.3. The van der Waals surface area contributed by atoms with Crippen LogP contribution < -0.4 is 15.4 Å². The van der Waals surface area contributed by atoms with Crippen LogP contribution in [0.15, 0.2) is 28.8 Å². The Morgan fingerprint density at radius 2 is 1.94 bits per heavy atom. The van der Waals surface area contributed by atoms with Gasteiger partial charge in [-0.2, -0.15) is 4.98 Å². The molecule has 0 fully saturated rings. The number of rotatable bonds is 11. The van der Waals surface area contributed by atoms with Gasteiger partial charge in [0.1, 0.15) is 30.9 Å². The zero-order valence-corrected chi connectivity index (χ0v) is 19.9. The second kappa shape index (κ2) is 11.6. The Labute approximate surface area is 198 Å². The van der Waals surface area contributed by atoms with Crippen LogP contribution in [0, 0.1) is 13.8 Å². The van der Waals surface area contributed by atoms with E-state index in [-0.39, 0.29) is 13.2 Å². The molecule has 4 N–H and O–H groups in total. The Kier molecular flexibility index (Phi) is 8.55. The van der Waals surface area contributed by atoms with Crippen LogP contribution in [0.1, 0.15) is 30.7 Å². The summed E-state index contributed by atoms with van der Waals surface area (Å²) in [6, 6.07) is 7.62. The number of anilines is 1.